The van der Waals surface area contributed by atoms with E-state index in [2.05, 4.69) is 49.3 Å². The molecule has 0 amide bonds. The lowest BCUT2D eigenvalue weighted by Crippen LogP contribution is -2.37. The van der Waals surface area contributed by atoms with Gasteiger partial charge in [-0.1, -0.05) is 12.1 Å². The Labute approximate surface area is 166 Å². The highest BCUT2D eigenvalue weighted by Gasteiger charge is 2.08. The number of halogens is 2. The molecule has 1 aromatic carbocycles. The molecule has 1 aromatic heterocycles. The topological polar surface area (TPSA) is 51.4 Å². The van der Waals surface area contributed by atoms with Crippen molar-refractivity contribution in [3.05, 3.63) is 56.2 Å². The fourth-order valence-electron chi connectivity index (χ4n) is 2.01. The summed E-state index contributed by atoms with van der Waals surface area (Å²) < 4.78 is 1.14. The second kappa shape index (κ2) is 9.90. The minimum atomic E-state index is 0. The van der Waals surface area contributed by atoms with Crippen LogP contribution in [0.1, 0.15) is 16.0 Å². The van der Waals surface area contributed by atoms with Crippen molar-refractivity contribution in [2.45, 2.75) is 13.1 Å². The lowest BCUT2D eigenvalue weighted by atomic mass is 10.1. The van der Waals surface area contributed by atoms with Gasteiger partial charge in [0, 0.05) is 25.5 Å². The second-order valence-corrected chi connectivity index (χ2v) is 7.32. The van der Waals surface area contributed by atoms with E-state index < -0.39 is 0 Å². The Kier molecular flexibility index (Phi) is 8.58. The zero-order valence-corrected chi connectivity index (χ0v) is 17.6. The van der Waals surface area contributed by atoms with Gasteiger partial charge in [-0.15, -0.1) is 35.3 Å². The van der Waals surface area contributed by atoms with Gasteiger partial charge in [-0.25, -0.2) is 0 Å². The van der Waals surface area contributed by atoms with Crippen molar-refractivity contribution in [3.8, 4) is 6.07 Å². The molecule has 23 heavy (non-hydrogen) atoms. The fourth-order valence-corrected chi connectivity index (χ4v) is 3.55. The van der Waals surface area contributed by atoms with Gasteiger partial charge >= 0.3 is 0 Å². The Morgan fingerprint density at radius 1 is 1.30 bits per heavy atom. The van der Waals surface area contributed by atoms with Crippen molar-refractivity contribution < 1.29 is 0 Å². The third-order valence-electron chi connectivity index (χ3n) is 3.13. The van der Waals surface area contributed by atoms with Gasteiger partial charge in [-0.05, 0) is 45.8 Å². The fraction of sp³-hybridized carbons (Fsp3) is 0.250. The van der Waals surface area contributed by atoms with Crippen molar-refractivity contribution in [1.82, 2.24) is 10.2 Å². The summed E-state index contributed by atoms with van der Waals surface area (Å²) in [7, 11) is 3.80. The smallest absolute Gasteiger partial charge is 0.193 e. The standard InChI is InChI=1S/C16H17BrN4S.HI/c1-19-16(21(2)11-14-7-8-15(17)22-14)20-10-13-5-3-12(9-18)4-6-13;/h3-8H,10-11H2,1-2H3,(H,19,20);1H. The van der Waals surface area contributed by atoms with E-state index in [0.29, 0.717) is 12.1 Å². The number of hydrogen-bond donors (Lipinski definition) is 1. The van der Waals surface area contributed by atoms with E-state index in [-0.39, 0.29) is 24.0 Å². The largest absolute Gasteiger partial charge is 0.352 e. The maximum absolute atomic E-state index is 8.81. The number of nitrogens with zero attached hydrogens (tertiary/aromatic N) is 3. The third kappa shape index (κ3) is 6.12. The summed E-state index contributed by atoms with van der Waals surface area (Å²) in [5, 5.41) is 12.1. The summed E-state index contributed by atoms with van der Waals surface area (Å²) in [5.41, 5.74) is 1.79. The molecule has 2 rings (SSSR count). The Bertz CT molecular complexity index is 691. The van der Waals surface area contributed by atoms with Gasteiger partial charge in [0.25, 0.3) is 0 Å². The molecule has 0 aliphatic heterocycles. The van der Waals surface area contributed by atoms with Crippen molar-refractivity contribution in [1.29, 1.82) is 5.26 Å². The molecular weight excluding hydrogens is 487 g/mol. The highest BCUT2D eigenvalue weighted by molar-refractivity contribution is 14.0. The molecular formula is C16H18BrIN4S. The highest BCUT2D eigenvalue weighted by atomic mass is 127. The molecule has 0 bridgehead atoms. The van der Waals surface area contributed by atoms with E-state index in [4.69, 9.17) is 5.26 Å². The Morgan fingerprint density at radius 3 is 2.52 bits per heavy atom. The van der Waals surface area contributed by atoms with Crippen LogP contribution >= 0.6 is 51.2 Å². The van der Waals surface area contributed by atoms with Crippen LogP contribution in [0.5, 0.6) is 0 Å². The molecule has 0 spiro atoms. The molecule has 122 valence electrons. The van der Waals surface area contributed by atoms with Gasteiger partial charge in [0.15, 0.2) is 5.96 Å². The number of guanidine groups is 1. The minimum absolute atomic E-state index is 0. The predicted octanol–water partition coefficient (Wildman–Crippen LogP) is 4.21. The highest BCUT2D eigenvalue weighted by Crippen LogP contribution is 2.22. The van der Waals surface area contributed by atoms with E-state index in [9.17, 15) is 0 Å². The second-order valence-electron chi connectivity index (χ2n) is 4.77. The van der Waals surface area contributed by atoms with Gasteiger partial charge in [0.2, 0.25) is 0 Å². The molecule has 0 atom stereocenters. The van der Waals surface area contributed by atoms with E-state index in [0.717, 1.165) is 21.9 Å². The first-order valence-corrected chi connectivity index (χ1v) is 8.38. The lowest BCUT2D eigenvalue weighted by molar-refractivity contribution is 0.481. The van der Waals surface area contributed by atoms with Crippen LogP contribution in [0.2, 0.25) is 0 Å². The number of benzene rings is 1. The summed E-state index contributed by atoms with van der Waals surface area (Å²) in [4.78, 5) is 7.67. The molecule has 1 heterocycles. The van der Waals surface area contributed by atoms with E-state index in [1.807, 2.05) is 31.3 Å². The molecule has 2 aromatic rings. The first-order chi connectivity index (χ1) is 10.6. The number of nitrogens with one attached hydrogen (secondary N) is 1. The van der Waals surface area contributed by atoms with E-state index in [1.165, 1.54) is 4.88 Å². The SMILES string of the molecule is CN=C(NCc1ccc(C#N)cc1)N(C)Cc1ccc(Br)s1.I. The summed E-state index contributed by atoms with van der Waals surface area (Å²) in [5.74, 6) is 0.842. The van der Waals surface area contributed by atoms with Crippen LogP contribution in [0, 0.1) is 11.3 Å². The molecule has 0 radical (unpaired) electrons. The Balaban J connectivity index is 0.00000264. The normalized spacial score (nSPS) is 10.6. The van der Waals surface area contributed by atoms with Gasteiger partial charge in [-0.3, -0.25) is 4.99 Å². The van der Waals surface area contributed by atoms with E-state index in [1.54, 1.807) is 18.4 Å². The van der Waals surface area contributed by atoms with Crippen LogP contribution in [-0.2, 0) is 13.1 Å². The van der Waals surface area contributed by atoms with E-state index >= 15 is 0 Å². The zero-order valence-electron chi connectivity index (χ0n) is 12.9. The van der Waals surface area contributed by atoms with Gasteiger partial charge in [0.05, 0.1) is 22.0 Å². The summed E-state index contributed by atoms with van der Waals surface area (Å²) >= 11 is 5.20. The summed E-state index contributed by atoms with van der Waals surface area (Å²) in [6.07, 6.45) is 0. The van der Waals surface area contributed by atoms with Crippen LogP contribution in [-0.4, -0.2) is 25.0 Å². The van der Waals surface area contributed by atoms with Crippen molar-refractivity contribution in [2.24, 2.45) is 4.99 Å². The summed E-state index contributed by atoms with van der Waals surface area (Å²) in [6, 6.07) is 13.8. The predicted molar refractivity (Wildman–Crippen MR) is 110 cm³/mol. The number of hydrogen-bond acceptors (Lipinski definition) is 3. The molecule has 4 nitrogen and oxygen atoms in total. The molecule has 0 aliphatic rings. The minimum Gasteiger partial charge on any atom is -0.352 e. The van der Waals surface area contributed by atoms with Crippen molar-refractivity contribution in [3.63, 3.8) is 0 Å². The quantitative estimate of drug-likeness (QED) is 0.385. The lowest BCUT2D eigenvalue weighted by Gasteiger charge is -2.21. The van der Waals surface area contributed by atoms with Crippen molar-refractivity contribution in [2.75, 3.05) is 14.1 Å². The average molecular weight is 505 g/mol. The van der Waals surface area contributed by atoms with Crippen molar-refractivity contribution >= 4 is 57.2 Å². The number of thiophene rings is 1. The van der Waals surface area contributed by atoms with Crippen LogP contribution in [0.3, 0.4) is 0 Å². The third-order valence-corrected chi connectivity index (χ3v) is 4.74. The van der Waals surface area contributed by atoms with Gasteiger partial charge in [0.1, 0.15) is 0 Å². The first kappa shape index (κ1) is 19.9. The number of nitriles is 1. The molecule has 0 fully saturated rings. The molecule has 0 aliphatic carbocycles. The molecule has 1 N–H and O–H groups in total. The van der Waals surface area contributed by atoms with Crippen LogP contribution in [0.25, 0.3) is 0 Å². The van der Waals surface area contributed by atoms with Gasteiger partial charge in [-0.2, -0.15) is 5.26 Å². The van der Waals surface area contributed by atoms with Crippen LogP contribution in [0.4, 0.5) is 0 Å². The number of aliphatic imine (C=N–C) groups is 1. The molecule has 0 saturated heterocycles. The first-order valence-electron chi connectivity index (χ1n) is 6.77. The number of rotatable bonds is 4. The molecule has 0 unspecified atom stereocenters. The maximum Gasteiger partial charge on any atom is 0.193 e. The maximum atomic E-state index is 8.81. The Morgan fingerprint density at radius 2 is 2.00 bits per heavy atom. The van der Waals surface area contributed by atoms with Crippen LogP contribution in [0.15, 0.2) is 45.2 Å². The molecule has 0 saturated carbocycles. The Hall–Kier alpha value is -1.11. The van der Waals surface area contributed by atoms with Gasteiger partial charge < -0.3 is 10.2 Å². The monoisotopic (exact) mass is 504 g/mol. The summed E-state index contributed by atoms with van der Waals surface area (Å²) in [6.45, 7) is 1.49. The van der Waals surface area contributed by atoms with Crippen LogP contribution < -0.4 is 5.32 Å². The average Bonchev–Trinajstić information content (AvgIpc) is 2.93. The molecule has 7 heteroatoms. The zero-order chi connectivity index (χ0) is 15.9.